The van der Waals surface area contributed by atoms with E-state index in [1.165, 1.54) is 24.1 Å². The van der Waals surface area contributed by atoms with Crippen molar-refractivity contribution < 1.29 is 9.59 Å². The number of anilines is 1. The third-order valence-electron chi connectivity index (χ3n) is 5.64. The summed E-state index contributed by atoms with van der Waals surface area (Å²) in [5, 5.41) is 10.5. The van der Waals surface area contributed by atoms with Gasteiger partial charge < -0.3 is 15.1 Å². The van der Waals surface area contributed by atoms with E-state index in [-0.39, 0.29) is 11.9 Å². The predicted octanol–water partition coefficient (Wildman–Crippen LogP) is 2.76. The summed E-state index contributed by atoms with van der Waals surface area (Å²) in [7, 11) is 1.79. The van der Waals surface area contributed by atoms with E-state index in [9.17, 15) is 9.59 Å². The molecule has 7 nitrogen and oxygen atoms in total. The molecule has 2 N–H and O–H groups in total. The highest BCUT2D eigenvalue weighted by Crippen LogP contribution is 2.23. The van der Waals surface area contributed by atoms with Crippen molar-refractivity contribution in [3.05, 3.63) is 46.8 Å². The Balaban J connectivity index is 1.30. The van der Waals surface area contributed by atoms with Crippen LogP contribution in [0.3, 0.4) is 0 Å². The van der Waals surface area contributed by atoms with Crippen molar-refractivity contribution in [2.24, 2.45) is 0 Å². The second-order valence-electron chi connectivity index (χ2n) is 7.66. The molecule has 7 heteroatoms. The van der Waals surface area contributed by atoms with Crippen LogP contribution in [0, 0.1) is 0 Å². The third-order valence-corrected chi connectivity index (χ3v) is 5.64. The van der Waals surface area contributed by atoms with Crippen LogP contribution in [0.25, 0.3) is 0 Å². The minimum absolute atomic E-state index is 0.119. The van der Waals surface area contributed by atoms with Gasteiger partial charge in [-0.1, -0.05) is 12.1 Å². The van der Waals surface area contributed by atoms with Crippen molar-refractivity contribution in [2.75, 3.05) is 18.5 Å². The van der Waals surface area contributed by atoms with E-state index < -0.39 is 0 Å². The van der Waals surface area contributed by atoms with Gasteiger partial charge in [-0.15, -0.1) is 0 Å². The molecule has 2 aromatic rings. The zero-order valence-corrected chi connectivity index (χ0v) is 16.3. The molecule has 1 aliphatic heterocycles. The summed E-state index contributed by atoms with van der Waals surface area (Å²) >= 11 is 0. The van der Waals surface area contributed by atoms with Gasteiger partial charge in [0.1, 0.15) is 0 Å². The maximum Gasteiger partial charge on any atom is 0.317 e. The second kappa shape index (κ2) is 8.04. The molecule has 0 unspecified atom stereocenters. The van der Waals surface area contributed by atoms with E-state index in [1.54, 1.807) is 11.9 Å². The number of rotatable bonds is 5. The van der Waals surface area contributed by atoms with E-state index in [0.717, 1.165) is 42.8 Å². The van der Waals surface area contributed by atoms with Crippen molar-refractivity contribution >= 4 is 17.6 Å². The average Bonchev–Trinajstić information content (AvgIpc) is 3.33. The molecular weight excluding hydrogens is 354 g/mol. The first-order valence-corrected chi connectivity index (χ1v) is 10.0. The molecule has 28 heavy (non-hydrogen) atoms. The van der Waals surface area contributed by atoms with Gasteiger partial charge >= 0.3 is 6.03 Å². The smallest absolute Gasteiger partial charge is 0.317 e. The van der Waals surface area contributed by atoms with Crippen LogP contribution in [-0.2, 0) is 30.7 Å². The van der Waals surface area contributed by atoms with Crippen molar-refractivity contribution in [2.45, 2.75) is 51.6 Å². The number of amides is 3. The summed E-state index contributed by atoms with van der Waals surface area (Å²) in [6.07, 6.45) is 6.04. The molecule has 0 spiro atoms. The lowest BCUT2D eigenvalue weighted by atomic mass is 9.96. The fourth-order valence-electron chi connectivity index (χ4n) is 4.00. The van der Waals surface area contributed by atoms with Gasteiger partial charge in [-0.05, 0) is 55.4 Å². The van der Waals surface area contributed by atoms with Crippen molar-refractivity contribution in [1.29, 1.82) is 0 Å². The molecule has 4 rings (SSSR count). The van der Waals surface area contributed by atoms with Crippen LogP contribution >= 0.6 is 0 Å². The van der Waals surface area contributed by atoms with Crippen LogP contribution in [0.4, 0.5) is 10.5 Å². The summed E-state index contributed by atoms with van der Waals surface area (Å²) in [6.45, 7) is 1.75. The first kappa shape index (κ1) is 18.5. The molecular formula is C21H27N5O2. The van der Waals surface area contributed by atoms with Gasteiger partial charge in [-0.2, -0.15) is 5.10 Å². The number of hydrogen-bond acceptors (Lipinski definition) is 3. The lowest BCUT2D eigenvalue weighted by Crippen LogP contribution is -2.36. The Hall–Kier alpha value is -2.83. The van der Waals surface area contributed by atoms with E-state index in [1.807, 2.05) is 29.2 Å². The number of urea groups is 1. The topological polar surface area (TPSA) is 81.3 Å². The van der Waals surface area contributed by atoms with Gasteiger partial charge in [0.2, 0.25) is 5.91 Å². The largest absolute Gasteiger partial charge is 0.334 e. The highest BCUT2D eigenvalue weighted by molar-refractivity contribution is 5.95. The Morgan fingerprint density at radius 2 is 1.96 bits per heavy atom. The Bertz CT molecular complexity index is 858. The normalized spacial score (nSPS) is 16.2. The monoisotopic (exact) mass is 381 g/mol. The van der Waals surface area contributed by atoms with Crippen LogP contribution < -0.4 is 10.2 Å². The molecule has 0 bridgehead atoms. The quantitative estimate of drug-likeness (QED) is 0.836. The standard InChI is InChI=1S/C21H27N5O2/c1-25(14-19-17-5-2-3-6-18(17)23-24-19)21(28)22-13-15-8-10-16(11-9-15)26-12-4-7-20(26)27/h8-11H,2-7,12-14H2,1H3,(H,22,28)(H,23,24). The third kappa shape index (κ3) is 3.88. The molecule has 1 aromatic carbocycles. The van der Waals surface area contributed by atoms with Crippen LogP contribution in [0.2, 0.25) is 0 Å². The number of aromatic amines is 1. The van der Waals surface area contributed by atoms with Crippen molar-refractivity contribution in [3.8, 4) is 0 Å². The lowest BCUT2D eigenvalue weighted by molar-refractivity contribution is -0.117. The number of hydrogen-bond donors (Lipinski definition) is 2. The van der Waals surface area contributed by atoms with Crippen molar-refractivity contribution in [1.82, 2.24) is 20.4 Å². The first-order chi connectivity index (χ1) is 13.6. The highest BCUT2D eigenvalue weighted by Gasteiger charge is 2.22. The van der Waals surface area contributed by atoms with Crippen LogP contribution in [-0.4, -0.2) is 40.6 Å². The predicted molar refractivity (Wildman–Crippen MR) is 107 cm³/mol. The minimum Gasteiger partial charge on any atom is -0.334 e. The molecule has 148 valence electrons. The van der Waals surface area contributed by atoms with Gasteiger partial charge in [-0.3, -0.25) is 9.89 Å². The number of aryl methyl sites for hydroxylation is 1. The Morgan fingerprint density at radius 3 is 2.71 bits per heavy atom. The number of aromatic nitrogens is 2. The Labute approximate surface area is 165 Å². The van der Waals surface area contributed by atoms with Crippen LogP contribution in [0.5, 0.6) is 0 Å². The molecule has 3 amide bonds. The maximum atomic E-state index is 12.5. The molecule has 2 heterocycles. The van der Waals surface area contributed by atoms with Gasteiger partial charge in [0.15, 0.2) is 0 Å². The molecule has 1 aromatic heterocycles. The number of fused-ring (bicyclic) bond motifs is 1. The number of H-pyrrole nitrogens is 1. The van der Waals surface area contributed by atoms with Crippen LogP contribution in [0.1, 0.15) is 48.2 Å². The number of carbonyl (C=O) groups is 2. The number of nitrogens with one attached hydrogen (secondary N) is 2. The summed E-state index contributed by atoms with van der Waals surface area (Å²) in [4.78, 5) is 27.8. The summed E-state index contributed by atoms with van der Waals surface area (Å²) in [6, 6.07) is 7.71. The molecule has 0 saturated carbocycles. The highest BCUT2D eigenvalue weighted by atomic mass is 16.2. The fraction of sp³-hybridized carbons (Fsp3) is 0.476. The first-order valence-electron chi connectivity index (χ1n) is 10.0. The minimum atomic E-state index is -0.119. The fourth-order valence-corrected chi connectivity index (χ4v) is 4.00. The molecule has 2 aliphatic rings. The lowest BCUT2D eigenvalue weighted by Gasteiger charge is -2.19. The number of benzene rings is 1. The average molecular weight is 381 g/mol. The Morgan fingerprint density at radius 1 is 1.18 bits per heavy atom. The Kier molecular flexibility index (Phi) is 5.32. The maximum absolute atomic E-state index is 12.5. The van der Waals surface area contributed by atoms with E-state index in [2.05, 4.69) is 15.5 Å². The molecule has 0 atom stereocenters. The molecule has 0 radical (unpaired) electrons. The zero-order chi connectivity index (χ0) is 19.5. The summed E-state index contributed by atoms with van der Waals surface area (Å²) in [5.41, 5.74) is 5.43. The van der Waals surface area contributed by atoms with E-state index >= 15 is 0 Å². The number of nitrogens with zero attached hydrogens (tertiary/aromatic N) is 3. The SMILES string of the molecule is CN(Cc1n[nH]c2c1CCCC2)C(=O)NCc1ccc(N2CCCC2=O)cc1. The van der Waals surface area contributed by atoms with Crippen LogP contribution in [0.15, 0.2) is 24.3 Å². The zero-order valence-electron chi connectivity index (χ0n) is 16.3. The van der Waals surface area contributed by atoms with Gasteiger partial charge in [0.05, 0.1) is 12.2 Å². The molecule has 1 saturated heterocycles. The molecule has 1 aliphatic carbocycles. The summed E-state index contributed by atoms with van der Waals surface area (Å²) < 4.78 is 0. The van der Waals surface area contributed by atoms with Gasteiger partial charge in [0, 0.05) is 37.9 Å². The number of carbonyl (C=O) groups excluding carboxylic acids is 2. The van der Waals surface area contributed by atoms with Crippen molar-refractivity contribution in [3.63, 3.8) is 0 Å². The van der Waals surface area contributed by atoms with Gasteiger partial charge in [0.25, 0.3) is 0 Å². The van der Waals surface area contributed by atoms with E-state index in [0.29, 0.717) is 19.5 Å². The second-order valence-corrected chi connectivity index (χ2v) is 7.66. The van der Waals surface area contributed by atoms with Gasteiger partial charge in [-0.25, -0.2) is 4.79 Å². The summed E-state index contributed by atoms with van der Waals surface area (Å²) in [5.74, 6) is 0.184. The van der Waals surface area contributed by atoms with E-state index in [4.69, 9.17) is 0 Å². The molecule has 1 fully saturated rings.